The summed E-state index contributed by atoms with van der Waals surface area (Å²) < 4.78 is 0. The molecule has 0 spiro atoms. The molecule has 0 saturated heterocycles. The Morgan fingerprint density at radius 3 is 2.18 bits per heavy atom. The molecule has 94 valence electrons. The Labute approximate surface area is 106 Å². The Morgan fingerprint density at radius 1 is 0.941 bits per heavy atom. The van der Waals surface area contributed by atoms with E-state index < -0.39 is 0 Å². The molecule has 1 aromatic heterocycles. The quantitative estimate of drug-likeness (QED) is 0.660. The molecule has 0 aliphatic heterocycles. The van der Waals surface area contributed by atoms with Gasteiger partial charge < -0.3 is 0 Å². The first-order valence-corrected chi connectivity index (χ1v) is 6.65. The van der Waals surface area contributed by atoms with E-state index in [1.54, 1.807) is 0 Å². The van der Waals surface area contributed by atoms with Crippen LogP contribution in [0.5, 0.6) is 0 Å². The summed E-state index contributed by atoms with van der Waals surface area (Å²) in [5, 5.41) is 2.62. The monoisotopic (exact) mass is 231 g/mol. The summed E-state index contributed by atoms with van der Waals surface area (Å²) in [6.45, 7) is 12.3. The first-order chi connectivity index (χ1) is 8.33. The molecule has 0 N–H and O–H groups in total. The lowest BCUT2D eigenvalue weighted by atomic mass is 10.0. The average molecular weight is 231 g/mol. The number of aryl methyl sites for hydroxylation is 2. The van der Waals surface area contributed by atoms with Crippen LogP contribution < -0.4 is 0 Å². The van der Waals surface area contributed by atoms with Crippen molar-refractivity contribution in [2.75, 3.05) is 0 Å². The lowest BCUT2D eigenvalue weighted by molar-refractivity contribution is 1.15. The third-order valence-electron chi connectivity index (χ3n) is 2.51. The Kier molecular flexibility index (Phi) is 8.04. The lowest BCUT2D eigenvalue weighted by Gasteiger charge is -2.05. The Morgan fingerprint density at radius 2 is 1.59 bits per heavy atom. The van der Waals surface area contributed by atoms with E-state index in [1.165, 1.54) is 21.9 Å². The Bertz CT molecular complexity index is 432. The summed E-state index contributed by atoms with van der Waals surface area (Å²) >= 11 is 0. The van der Waals surface area contributed by atoms with Crippen molar-refractivity contribution in [2.45, 2.75) is 48.0 Å². The average Bonchev–Trinajstić information content (AvgIpc) is 2.44. The minimum Gasteiger partial charge on any atom is -0.264 e. The minimum absolute atomic E-state index is 1.08. The van der Waals surface area contributed by atoms with Crippen molar-refractivity contribution < 1.29 is 0 Å². The zero-order valence-corrected chi connectivity index (χ0v) is 12.0. The molecule has 2 aromatic rings. The maximum atomic E-state index is 4.15. The fourth-order valence-electron chi connectivity index (χ4n) is 1.70. The minimum atomic E-state index is 1.08. The van der Waals surface area contributed by atoms with E-state index in [2.05, 4.69) is 37.0 Å². The van der Waals surface area contributed by atoms with Crippen molar-refractivity contribution in [3.05, 3.63) is 41.7 Å². The zero-order valence-electron chi connectivity index (χ0n) is 12.0. The van der Waals surface area contributed by atoms with Crippen molar-refractivity contribution in [1.82, 2.24) is 4.98 Å². The van der Waals surface area contributed by atoms with Gasteiger partial charge in [-0.2, -0.15) is 0 Å². The predicted molar refractivity (Wildman–Crippen MR) is 78.6 cm³/mol. The van der Waals surface area contributed by atoms with Gasteiger partial charge in [-0.3, -0.25) is 4.98 Å². The normalized spacial score (nSPS) is 8.82. The molecule has 2 rings (SSSR count). The van der Waals surface area contributed by atoms with Gasteiger partial charge in [0.1, 0.15) is 0 Å². The largest absolute Gasteiger partial charge is 0.264 e. The highest BCUT2D eigenvalue weighted by Crippen LogP contribution is 2.21. The second-order valence-electron chi connectivity index (χ2n) is 3.32. The van der Waals surface area contributed by atoms with Crippen LogP contribution in [0.15, 0.2) is 30.6 Å². The molecule has 0 amide bonds. The summed E-state index contributed by atoms with van der Waals surface area (Å²) in [7, 11) is 0. The van der Waals surface area contributed by atoms with E-state index in [4.69, 9.17) is 0 Å². The maximum absolute atomic E-state index is 4.15. The van der Waals surface area contributed by atoms with Crippen LogP contribution in [0.3, 0.4) is 0 Å². The number of rotatable bonds is 1. The van der Waals surface area contributed by atoms with Gasteiger partial charge in [0.25, 0.3) is 0 Å². The van der Waals surface area contributed by atoms with Gasteiger partial charge >= 0.3 is 0 Å². The van der Waals surface area contributed by atoms with Gasteiger partial charge in [0, 0.05) is 17.8 Å². The van der Waals surface area contributed by atoms with Crippen LogP contribution in [0, 0.1) is 6.92 Å². The molecule has 0 radical (unpaired) electrons. The standard InChI is InChI=1S/C12H13N.2C2H6/c1-3-10-5-4-9(2)12-8-13-7-6-11(10)12;2*1-2/h4-8H,3H2,1-2H3;2*1-2H3. The fourth-order valence-corrected chi connectivity index (χ4v) is 1.70. The van der Waals surface area contributed by atoms with E-state index in [-0.39, 0.29) is 0 Å². The summed E-state index contributed by atoms with van der Waals surface area (Å²) in [5.74, 6) is 0. The molecule has 0 bridgehead atoms. The molecular formula is C16H25N. The summed E-state index contributed by atoms with van der Waals surface area (Å²) in [5.41, 5.74) is 2.71. The molecule has 0 aliphatic rings. The molecule has 1 aromatic carbocycles. The molecule has 0 unspecified atom stereocenters. The van der Waals surface area contributed by atoms with Gasteiger partial charge in [0.2, 0.25) is 0 Å². The third kappa shape index (κ3) is 3.85. The first-order valence-electron chi connectivity index (χ1n) is 6.65. The third-order valence-corrected chi connectivity index (χ3v) is 2.51. The van der Waals surface area contributed by atoms with Crippen LogP contribution >= 0.6 is 0 Å². The predicted octanol–water partition coefficient (Wildman–Crippen LogP) is 5.16. The van der Waals surface area contributed by atoms with Crippen LogP contribution in [0.4, 0.5) is 0 Å². The molecule has 0 atom stereocenters. The number of nitrogens with zero attached hydrogens (tertiary/aromatic N) is 1. The van der Waals surface area contributed by atoms with Crippen LogP contribution in [0.1, 0.15) is 45.7 Å². The Balaban J connectivity index is 0.000000581. The summed E-state index contributed by atoms with van der Waals surface area (Å²) in [4.78, 5) is 4.15. The first kappa shape index (κ1) is 15.6. The topological polar surface area (TPSA) is 12.9 Å². The number of pyridine rings is 1. The van der Waals surface area contributed by atoms with Crippen molar-refractivity contribution in [3.8, 4) is 0 Å². The summed E-state index contributed by atoms with van der Waals surface area (Å²) in [6.07, 6.45) is 4.89. The van der Waals surface area contributed by atoms with Gasteiger partial charge in [-0.15, -0.1) is 0 Å². The molecule has 17 heavy (non-hydrogen) atoms. The number of aromatic nitrogens is 1. The Hall–Kier alpha value is -1.37. The van der Waals surface area contributed by atoms with Crippen LogP contribution in [-0.4, -0.2) is 4.98 Å². The van der Waals surface area contributed by atoms with E-state index >= 15 is 0 Å². The molecular weight excluding hydrogens is 206 g/mol. The van der Waals surface area contributed by atoms with Crippen LogP contribution in [0.25, 0.3) is 10.8 Å². The van der Waals surface area contributed by atoms with E-state index in [0.717, 1.165) is 6.42 Å². The zero-order chi connectivity index (χ0) is 13.3. The molecule has 1 heteroatoms. The molecule has 0 aliphatic carbocycles. The number of hydrogen-bond donors (Lipinski definition) is 0. The van der Waals surface area contributed by atoms with Crippen molar-refractivity contribution in [1.29, 1.82) is 0 Å². The van der Waals surface area contributed by atoms with E-state index in [9.17, 15) is 0 Å². The van der Waals surface area contributed by atoms with E-state index in [1.807, 2.05) is 40.1 Å². The van der Waals surface area contributed by atoms with Gasteiger partial charge in [-0.1, -0.05) is 46.8 Å². The second kappa shape index (κ2) is 8.74. The summed E-state index contributed by atoms with van der Waals surface area (Å²) in [6, 6.07) is 6.47. The van der Waals surface area contributed by atoms with Crippen molar-refractivity contribution >= 4 is 10.8 Å². The van der Waals surface area contributed by atoms with Gasteiger partial charge in [0.05, 0.1) is 0 Å². The lowest BCUT2D eigenvalue weighted by Crippen LogP contribution is -1.86. The van der Waals surface area contributed by atoms with E-state index in [0.29, 0.717) is 0 Å². The van der Waals surface area contributed by atoms with Crippen LogP contribution in [0.2, 0.25) is 0 Å². The smallest absolute Gasteiger partial charge is 0.0349 e. The highest BCUT2D eigenvalue weighted by molar-refractivity contribution is 5.87. The van der Waals surface area contributed by atoms with Gasteiger partial charge in [-0.05, 0) is 35.9 Å². The maximum Gasteiger partial charge on any atom is 0.0349 e. The highest BCUT2D eigenvalue weighted by Gasteiger charge is 2.00. The molecule has 1 heterocycles. The fraction of sp³-hybridized carbons (Fsp3) is 0.438. The van der Waals surface area contributed by atoms with Crippen molar-refractivity contribution in [3.63, 3.8) is 0 Å². The van der Waals surface area contributed by atoms with Crippen molar-refractivity contribution in [2.24, 2.45) is 0 Å². The highest BCUT2D eigenvalue weighted by atomic mass is 14.6. The molecule has 0 fully saturated rings. The number of hydrogen-bond acceptors (Lipinski definition) is 1. The number of benzene rings is 1. The van der Waals surface area contributed by atoms with Gasteiger partial charge in [0.15, 0.2) is 0 Å². The van der Waals surface area contributed by atoms with Crippen LogP contribution in [-0.2, 0) is 6.42 Å². The van der Waals surface area contributed by atoms with Gasteiger partial charge in [-0.25, -0.2) is 0 Å². The molecule has 0 saturated carbocycles. The molecule has 1 nitrogen and oxygen atoms in total. The number of fused-ring (bicyclic) bond motifs is 1. The SMILES string of the molecule is CC.CC.CCc1ccc(C)c2cnccc12. The second-order valence-corrected chi connectivity index (χ2v) is 3.32.